The van der Waals surface area contributed by atoms with Gasteiger partial charge >= 0.3 is 0 Å². The smallest absolute Gasteiger partial charge is 0.241 e. The van der Waals surface area contributed by atoms with Crippen LogP contribution in [0.3, 0.4) is 0 Å². The lowest BCUT2D eigenvalue weighted by molar-refractivity contribution is -0.254. The van der Waals surface area contributed by atoms with Crippen molar-refractivity contribution in [1.29, 1.82) is 0 Å². The lowest BCUT2D eigenvalue weighted by Crippen LogP contribution is -2.33. The molecule has 0 aromatic heterocycles. The highest BCUT2D eigenvalue weighted by Crippen LogP contribution is 2.35. The van der Waals surface area contributed by atoms with Crippen LogP contribution in [0.2, 0.25) is 0 Å². The van der Waals surface area contributed by atoms with Crippen LogP contribution in [0, 0.1) is 0 Å². The number of hydrogen-bond acceptors (Lipinski definition) is 5. The predicted octanol–water partition coefficient (Wildman–Crippen LogP) is 1.88. The zero-order chi connectivity index (χ0) is 18.8. The first kappa shape index (κ1) is 17.7. The first-order valence-electron chi connectivity index (χ1n) is 8.32. The summed E-state index contributed by atoms with van der Waals surface area (Å²) in [5, 5.41) is 11.3. The number of carbonyl (C=O) groups excluding carboxylic acids is 3. The molecule has 0 unspecified atom stereocenters. The van der Waals surface area contributed by atoms with E-state index in [0.29, 0.717) is 11.3 Å². The number of carboxylic acid groups (broad SMARTS) is 1. The Balaban J connectivity index is 1.89. The number of rotatable bonds is 5. The van der Waals surface area contributed by atoms with Gasteiger partial charge < -0.3 is 14.6 Å². The summed E-state index contributed by atoms with van der Waals surface area (Å²) in [6, 6.07) is 12.9. The van der Waals surface area contributed by atoms with Crippen LogP contribution < -0.4 is 14.7 Å². The van der Waals surface area contributed by atoms with Crippen molar-refractivity contribution in [3.63, 3.8) is 0 Å². The molecule has 1 saturated heterocycles. The van der Waals surface area contributed by atoms with Crippen LogP contribution in [0.25, 0.3) is 0 Å². The van der Waals surface area contributed by atoms with E-state index in [1.165, 1.54) is 18.2 Å². The second-order valence-corrected chi connectivity index (χ2v) is 6.36. The van der Waals surface area contributed by atoms with Crippen LogP contribution >= 0.6 is 0 Å². The van der Waals surface area contributed by atoms with E-state index in [9.17, 15) is 19.5 Å². The Morgan fingerprint density at radius 3 is 2.38 bits per heavy atom. The van der Waals surface area contributed by atoms with Gasteiger partial charge in [0.15, 0.2) is 0 Å². The molecule has 6 heteroatoms. The van der Waals surface area contributed by atoms with E-state index >= 15 is 0 Å². The van der Waals surface area contributed by atoms with Gasteiger partial charge in [-0.1, -0.05) is 30.3 Å². The number of anilines is 1. The summed E-state index contributed by atoms with van der Waals surface area (Å²) in [5.41, 5.74) is 0.549. The van der Waals surface area contributed by atoms with Gasteiger partial charge in [-0.15, -0.1) is 0 Å². The molecule has 6 nitrogen and oxygen atoms in total. The van der Waals surface area contributed by atoms with Crippen LogP contribution in [0.5, 0.6) is 5.75 Å². The summed E-state index contributed by atoms with van der Waals surface area (Å²) in [5.74, 6) is -2.28. The third-order valence-corrected chi connectivity index (χ3v) is 4.17. The molecule has 2 aromatic carbocycles. The van der Waals surface area contributed by atoms with Crippen molar-refractivity contribution in [2.24, 2.45) is 0 Å². The molecule has 0 radical (unpaired) electrons. The SMILES string of the molecule is CC(C)Oc1ccc([C@@H]2CC(=O)N(c3ccccc3C(=O)[O-])C2=O)cc1. The summed E-state index contributed by atoms with van der Waals surface area (Å²) in [7, 11) is 0. The van der Waals surface area contributed by atoms with E-state index in [1.807, 2.05) is 13.8 Å². The predicted molar refractivity (Wildman–Crippen MR) is 92.8 cm³/mol. The van der Waals surface area contributed by atoms with Crippen molar-refractivity contribution >= 4 is 23.5 Å². The van der Waals surface area contributed by atoms with Gasteiger partial charge in [-0.05, 0) is 37.6 Å². The zero-order valence-electron chi connectivity index (χ0n) is 14.5. The highest BCUT2D eigenvalue weighted by atomic mass is 16.5. The van der Waals surface area contributed by atoms with Gasteiger partial charge in [0.05, 0.1) is 23.7 Å². The number of para-hydroxylation sites is 1. The number of carbonyl (C=O) groups is 3. The summed E-state index contributed by atoms with van der Waals surface area (Å²) in [6.07, 6.45) is 0.0251. The number of carboxylic acids is 1. The Hall–Kier alpha value is -3.15. The zero-order valence-corrected chi connectivity index (χ0v) is 14.5. The first-order valence-corrected chi connectivity index (χ1v) is 8.32. The van der Waals surface area contributed by atoms with E-state index in [2.05, 4.69) is 0 Å². The lowest BCUT2D eigenvalue weighted by Gasteiger charge is -2.19. The summed E-state index contributed by atoms with van der Waals surface area (Å²) in [6.45, 7) is 3.83. The number of ether oxygens (including phenoxy) is 1. The minimum Gasteiger partial charge on any atom is -0.545 e. The molecule has 0 spiro atoms. The van der Waals surface area contributed by atoms with Crippen LogP contribution in [-0.4, -0.2) is 23.9 Å². The molecule has 3 rings (SSSR count). The maximum absolute atomic E-state index is 12.8. The second kappa shape index (κ2) is 7.00. The van der Waals surface area contributed by atoms with Crippen LogP contribution in [0.4, 0.5) is 5.69 Å². The Kier molecular flexibility index (Phi) is 4.75. The molecule has 0 N–H and O–H groups in total. The maximum Gasteiger partial charge on any atom is 0.241 e. The van der Waals surface area contributed by atoms with E-state index in [1.54, 1.807) is 30.3 Å². The largest absolute Gasteiger partial charge is 0.545 e. The van der Waals surface area contributed by atoms with E-state index in [4.69, 9.17) is 4.74 Å². The molecule has 1 aliphatic rings. The van der Waals surface area contributed by atoms with Crippen LogP contribution in [-0.2, 0) is 9.59 Å². The average molecular weight is 352 g/mol. The minimum absolute atomic E-state index is 0.00933. The third-order valence-electron chi connectivity index (χ3n) is 4.17. The van der Waals surface area contributed by atoms with Crippen molar-refractivity contribution in [2.75, 3.05) is 4.90 Å². The summed E-state index contributed by atoms with van der Waals surface area (Å²) < 4.78 is 5.58. The van der Waals surface area contributed by atoms with Crippen molar-refractivity contribution in [3.8, 4) is 5.75 Å². The van der Waals surface area contributed by atoms with Crippen LogP contribution in [0.15, 0.2) is 48.5 Å². The summed E-state index contributed by atoms with van der Waals surface area (Å²) in [4.78, 5) is 37.5. The molecule has 2 aromatic rings. The van der Waals surface area contributed by atoms with E-state index in [0.717, 1.165) is 4.90 Å². The molecule has 1 atom stereocenters. The number of nitrogens with zero attached hydrogens (tertiary/aromatic N) is 1. The van der Waals surface area contributed by atoms with Crippen molar-refractivity contribution < 1.29 is 24.2 Å². The summed E-state index contributed by atoms with van der Waals surface area (Å²) >= 11 is 0. The highest BCUT2D eigenvalue weighted by Gasteiger charge is 2.41. The fourth-order valence-electron chi connectivity index (χ4n) is 3.04. The molecule has 1 aliphatic heterocycles. The van der Waals surface area contributed by atoms with Crippen LogP contribution in [0.1, 0.15) is 42.1 Å². The molecule has 0 aliphatic carbocycles. The van der Waals surface area contributed by atoms with Crippen molar-refractivity contribution in [2.45, 2.75) is 32.3 Å². The number of hydrogen-bond donors (Lipinski definition) is 0. The fraction of sp³-hybridized carbons (Fsp3) is 0.250. The normalized spacial score (nSPS) is 17.0. The number of imide groups is 1. The Bertz CT molecular complexity index is 857. The monoisotopic (exact) mass is 352 g/mol. The molecule has 26 heavy (non-hydrogen) atoms. The molecule has 0 saturated carbocycles. The Morgan fingerprint density at radius 2 is 1.77 bits per heavy atom. The molecule has 2 amide bonds. The molecular formula is C20H18NO5-. The van der Waals surface area contributed by atoms with Gasteiger partial charge in [-0.25, -0.2) is 4.90 Å². The Morgan fingerprint density at radius 1 is 1.12 bits per heavy atom. The van der Waals surface area contributed by atoms with Gasteiger partial charge in [-0.3, -0.25) is 9.59 Å². The van der Waals surface area contributed by atoms with Crippen molar-refractivity contribution in [3.05, 3.63) is 59.7 Å². The van der Waals surface area contributed by atoms with Gasteiger partial charge in [0, 0.05) is 12.0 Å². The van der Waals surface area contributed by atoms with Gasteiger partial charge in [-0.2, -0.15) is 0 Å². The van der Waals surface area contributed by atoms with E-state index in [-0.39, 0.29) is 23.8 Å². The minimum atomic E-state index is -1.43. The average Bonchev–Trinajstić information content (AvgIpc) is 2.89. The Labute approximate surface area is 151 Å². The number of amides is 2. The molecule has 134 valence electrons. The fourth-order valence-corrected chi connectivity index (χ4v) is 3.04. The highest BCUT2D eigenvalue weighted by molar-refractivity contribution is 6.24. The molecular weight excluding hydrogens is 334 g/mol. The topological polar surface area (TPSA) is 86.7 Å². The van der Waals surface area contributed by atoms with Gasteiger partial charge in [0.25, 0.3) is 0 Å². The standard InChI is InChI=1S/C20H19NO5/c1-12(2)26-14-9-7-13(8-10-14)16-11-18(22)21(19(16)23)17-6-4-3-5-15(17)20(24)25/h3-10,12,16H,11H2,1-2H3,(H,24,25)/p-1/t16-/m0/s1. The second-order valence-electron chi connectivity index (χ2n) is 6.36. The lowest BCUT2D eigenvalue weighted by atomic mass is 9.97. The van der Waals surface area contributed by atoms with E-state index < -0.39 is 23.7 Å². The van der Waals surface area contributed by atoms with Crippen molar-refractivity contribution in [1.82, 2.24) is 0 Å². The molecule has 0 bridgehead atoms. The first-order chi connectivity index (χ1) is 12.4. The molecule has 1 fully saturated rings. The quantitative estimate of drug-likeness (QED) is 0.767. The van der Waals surface area contributed by atoms with Gasteiger partial charge in [0.2, 0.25) is 11.8 Å². The molecule has 1 heterocycles. The number of benzene rings is 2. The third kappa shape index (κ3) is 3.31. The number of aromatic carboxylic acids is 1. The van der Waals surface area contributed by atoms with Gasteiger partial charge in [0.1, 0.15) is 5.75 Å². The maximum atomic E-state index is 12.8.